The summed E-state index contributed by atoms with van der Waals surface area (Å²) in [7, 11) is -2.03. The van der Waals surface area contributed by atoms with Crippen LogP contribution in [-0.2, 0) is 27.8 Å². The van der Waals surface area contributed by atoms with Gasteiger partial charge in [0.25, 0.3) is 0 Å². The maximum absolute atomic E-state index is 12.3. The Hall–Kier alpha value is -3.36. The fourth-order valence-electron chi connectivity index (χ4n) is 2.77. The fourth-order valence-corrected chi connectivity index (χ4v) is 3.77. The molecular formula is C23H24N2O5S. The maximum Gasteiger partial charge on any atom is 0.244 e. The summed E-state index contributed by atoms with van der Waals surface area (Å²) < 4.78 is 37.4. The van der Waals surface area contributed by atoms with Crippen LogP contribution in [0.2, 0.25) is 0 Å². The van der Waals surface area contributed by atoms with Crippen molar-refractivity contribution in [1.29, 1.82) is 0 Å². The smallest absolute Gasteiger partial charge is 0.244 e. The monoisotopic (exact) mass is 440 g/mol. The Labute approximate surface area is 181 Å². The summed E-state index contributed by atoms with van der Waals surface area (Å²) in [6.07, 6.45) is 5.25. The van der Waals surface area contributed by atoms with Crippen molar-refractivity contribution < 1.29 is 22.4 Å². The van der Waals surface area contributed by atoms with E-state index in [1.807, 2.05) is 24.3 Å². The van der Waals surface area contributed by atoms with Crippen molar-refractivity contribution in [2.24, 2.45) is 0 Å². The van der Waals surface area contributed by atoms with Gasteiger partial charge in [0.2, 0.25) is 15.9 Å². The minimum absolute atomic E-state index is 0.0771. The lowest BCUT2D eigenvalue weighted by Crippen LogP contribution is -2.23. The summed E-state index contributed by atoms with van der Waals surface area (Å²) >= 11 is 0. The molecule has 0 atom stereocenters. The molecule has 3 aromatic rings. The molecule has 7 nitrogen and oxygen atoms in total. The Balaban J connectivity index is 1.47. The lowest BCUT2D eigenvalue weighted by Gasteiger charge is -2.06. The van der Waals surface area contributed by atoms with Gasteiger partial charge in [0.05, 0.1) is 24.8 Å². The first-order chi connectivity index (χ1) is 15.0. The molecule has 0 spiro atoms. The largest absolute Gasteiger partial charge is 0.497 e. The molecule has 0 aliphatic heterocycles. The van der Waals surface area contributed by atoms with Crippen molar-refractivity contribution >= 4 is 22.0 Å². The summed E-state index contributed by atoms with van der Waals surface area (Å²) in [6.45, 7) is 0.585. The number of amides is 1. The number of rotatable bonds is 10. The zero-order valence-corrected chi connectivity index (χ0v) is 17.9. The van der Waals surface area contributed by atoms with Crippen LogP contribution in [0.5, 0.6) is 5.75 Å². The van der Waals surface area contributed by atoms with E-state index in [1.54, 1.807) is 37.5 Å². The van der Waals surface area contributed by atoms with Crippen LogP contribution in [0.15, 0.2) is 82.3 Å². The third-order valence-corrected chi connectivity index (χ3v) is 5.92. The van der Waals surface area contributed by atoms with Crippen LogP contribution in [-0.4, -0.2) is 28.0 Å². The van der Waals surface area contributed by atoms with Crippen molar-refractivity contribution in [2.75, 3.05) is 13.7 Å². The highest BCUT2D eigenvalue weighted by Gasteiger charge is 2.13. The second-order valence-corrected chi connectivity index (χ2v) is 8.46. The number of benzene rings is 2. The van der Waals surface area contributed by atoms with Gasteiger partial charge >= 0.3 is 0 Å². The van der Waals surface area contributed by atoms with E-state index in [0.29, 0.717) is 18.7 Å². The second-order valence-electron chi connectivity index (χ2n) is 6.70. The molecular weight excluding hydrogens is 416 g/mol. The number of hydrogen-bond donors (Lipinski definition) is 2. The van der Waals surface area contributed by atoms with Crippen LogP contribution in [0, 0.1) is 0 Å². The maximum atomic E-state index is 12.3. The predicted molar refractivity (Wildman–Crippen MR) is 118 cm³/mol. The molecule has 3 rings (SSSR count). The van der Waals surface area contributed by atoms with Gasteiger partial charge < -0.3 is 14.5 Å². The molecule has 0 aliphatic rings. The number of nitrogens with one attached hydrogen (secondary N) is 2. The Kier molecular flexibility index (Phi) is 7.64. The van der Waals surface area contributed by atoms with Gasteiger partial charge in [0.15, 0.2) is 0 Å². The number of carbonyl (C=O) groups is 1. The van der Waals surface area contributed by atoms with Crippen LogP contribution in [0.1, 0.15) is 16.9 Å². The number of carbonyl (C=O) groups excluding carboxylic acids is 1. The highest BCUT2D eigenvalue weighted by molar-refractivity contribution is 7.89. The lowest BCUT2D eigenvalue weighted by atomic mass is 10.1. The van der Waals surface area contributed by atoms with Crippen LogP contribution >= 0.6 is 0 Å². The third-order valence-electron chi connectivity index (χ3n) is 4.51. The van der Waals surface area contributed by atoms with Crippen molar-refractivity contribution in [3.05, 3.63) is 89.9 Å². The Morgan fingerprint density at radius 3 is 2.45 bits per heavy atom. The number of hydrogen-bond acceptors (Lipinski definition) is 5. The topological polar surface area (TPSA) is 97.6 Å². The Bertz CT molecular complexity index is 1100. The number of furan rings is 1. The van der Waals surface area contributed by atoms with E-state index in [2.05, 4.69) is 10.0 Å². The van der Waals surface area contributed by atoms with Crippen molar-refractivity contribution in [3.63, 3.8) is 0 Å². The molecule has 8 heteroatoms. The number of ether oxygens (including phenoxy) is 1. The van der Waals surface area contributed by atoms with Gasteiger partial charge in [-0.1, -0.05) is 24.3 Å². The fraction of sp³-hybridized carbons (Fsp3) is 0.174. The predicted octanol–water partition coefficient (Wildman–Crippen LogP) is 3.14. The van der Waals surface area contributed by atoms with E-state index in [4.69, 9.17) is 9.15 Å². The SMILES string of the molecule is COc1ccc(CCNC(=O)/C=C/c2ccc(S(=O)(=O)NCc3ccco3)cc2)cc1. The third kappa shape index (κ3) is 6.84. The average Bonchev–Trinajstić information content (AvgIpc) is 3.31. The zero-order chi connectivity index (χ0) is 22.1. The summed E-state index contributed by atoms with van der Waals surface area (Å²) in [5, 5.41) is 2.82. The van der Waals surface area contributed by atoms with Gasteiger partial charge in [0, 0.05) is 12.6 Å². The molecule has 0 bridgehead atoms. The molecule has 0 unspecified atom stereocenters. The average molecular weight is 441 g/mol. The van der Waals surface area contributed by atoms with Gasteiger partial charge in [-0.2, -0.15) is 0 Å². The van der Waals surface area contributed by atoms with Crippen LogP contribution in [0.25, 0.3) is 6.08 Å². The van der Waals surface area contributed by atoms with E-state index in [0.717, 1.165) is 16.9 Å². The number of methoxy groups -OCH3 is 1. The molecule has 31 heavy (non-hydrogen) atoms. The Morgan fingerprint density at radius 2 is 1.81 bits per heavy atom. The van der Waals surface area contributed by atoms with Crippen molar-refractivity contribution in [1.82, 2.24) is 10.0 Å². The van der Waals surface area contributed by atoms with Crippen LogP contribution in [0.3, 0.4) is 0 Å². The molecule has 0 saturated heterocycles. The molecule has 2 N–H and O–H groups in total. The molecule has 0 aliphatic carbocycles. The van der Waals surface area contributed by atoms with Crippen LogP contribution in [0.4, 0.5) is 0 Å². The van der Waals surface area contributed by atoms with Crippen molar-refractivity contribution in [3.8, 4) is 5.75 Å². The normalized spacial score (nSPS) is 11.5. The van der Waals surface area contributed by atoms with Crippen LogP contribution < -0.4 is 14.8 Å². The van der Waals surface area contributed by atoms with Gasteiger partial charge in [-0.05, 0) is 60.0 Å². The molecule has 2 aromatic carbocycles. The lowest BCUT2D eigenvalue weighted by molar-refractivity contribution is -0.116. The molecule has 0 saturated carbocycles. The van der Waals surface area contributed by atoms with E-state index in [1.165, 1.54) is 24.5 Å². The first-order valence-electron chi connectivity index (χ1n) is 9.67. The molecule has 1 aromatic heterocycles. The standard InChI is InChI=1S/C23H24N2O5S/c1-29-20-9-4-19(5-10-20)14-15-24-23(26)13-8-18-6-11-22(12-7-18)31(27,28)25-17-21-3-2-16-30-21/h2-13,16,25H,14-15,17H2,1H3,(H,24,26)/b13-8+. The highest BCUT2D eigenvalue weighted by atomic mass is 32.2. The molecule has 162 valence electrons. The quantitative estimate of drug-likeness (QED) is 0.472. The van der Waals surface area contributed by atoms with Gasteiger partial charge in [-0.25, -0.2) is 13.1 Å². The zero-order valence-electron chi connectivity index (χ0n) is 17.1. The molecule has 0 fully saturated rings. The molecule has 0 radical (unpaired) electrons. The number of sulfonamides is 1. The summed E-state index contributed by atoms with van der Waals surface area (Å²) in [5.74, 6) is 1.11. The first kappa shape index (κ1) is 22.3. The van der Waals surface area contributed by atoms with E-state index < -0.39 is 10.0 Å². The first-order valence-corrected chi connectivity index (χ1v) is 11.2. The minimum Gasteiger partial charge on any atom is -0.497 e. The second kappa shape index (κ2) is 10.6. The van der Waals surface area contributed by atoms with Gasteiger partial charge in [0.1, 0.15) is 11.5 Å². The van der Waals surface area contributed by atoms with Gasteiger partial charge in [-0.3, -0.25) is 4.79 Å². The molecule has 1 amide bonds. The highest BCUT2D eigenvalue weighted by Crippen LogP contribution is 2.13. The molecule has 1 heterocycles. The van der Waals surface area contributed by atoms with E-state index in [9.17, 15) is 13.2 Å². The Morgan fingerprint density at radius 1 is 1.06 bits per heavy atom. The minimum atomic E-state index is -3.65. The van der Waals surface area contributed by atoms with E-state index in [-0.39, 0.29) is 17.3 Å². The van der Waals surface area contributed by atoms with E-state index >= 15 is 0 Å². The summed E-state index contributed by atoms with van der Waals surface area (Å²) in [4.78, 5) is 12.1. The van der Waals surface area contributed by atoms with Gasteiger partial charge in [-0.15, -0.1) is 0 Å². The summed E-state index contributed by atoms with van der Waals surface area (Å²) in [6, 6.07) is 17.3. The summed E-state index contributed by atoms with van der Waals surface area (Å²) in [5.41, 5.74) is 1.82. The van der Waals surface area contributed by atoms with Crippen molar-refractivity contribution in [2.45, 2.75) is 17.9 Å².